The molecule has 0 bridgehead atoms. The van der Waals surface area contributed by atoms with E-state index >= 15 is 0 Å². The zero-order valence-corrected chi connectivity index (χ0v) is 15.4. The molecule has 0 radical (unpaired) electrons. The van der Waals surface area contributed by atoms with Crippen molar-refractivity contribution >= 4 is 34.5 Å². The van der Waals surface area contributed by atoms with Crippen LogP contribution in [0.25, 0.3) is 11.0 Å². The van der Waals surface area contributed by atoms with Gasteiger partial charge in [0.25, 0.3) is 0 Å². The number of nitrogens with zero attached hydrogens (tertiary/aromatic N) is 2. The molecule has 8 heteroatoms. The number of aromatic amines is 1. The van der Waals surface area contributed by atoms with Crippen molar-refractivity contribution in [1.82, 2.24) is 15.0 Å². The maximum atomic E-state index is 14.8. The summed E-state index contributed by atoms with van der Waals surface area (Å²) in [4.78, 5) is 23.8. The number of fused-ring (bicyclic) bond motifs is 1. The Kier molecular flexibility index (Phi) is 5.22. The summed E-state index contributed by atoms with van der Waals surface area (Å²) in [6.07, 6.45) is 2.77. The Morgan fingerprint density at radius 1 is 1.31 bits per heavy atom. The normalized spacial score (nSPS) is 11.3. The third-order valence-electron chi connectivity index (χ3n) is 3.82. The predicted molar refractivity (Wildman–Crippen MR) is 99.3 cm³/mol. The Balaban J connectivity index is 2.01. The minimum Gasteiger partial charge on any atom is -0.345 e. The van der Waals surface area contributed by atoms with E-state index in [9.17, 15) is 13.6 Å². The number of nitrogens with one attached hydrogen (secondary N) is 2. The molecule has 0 unspecified atom stereocenters. The Hall–Kier alpha value is -2.48. The maximum absolute atomic E-state index is 14.8. The molecule has 0 atom stereocenters. The molecule has 1 aromatic carbocycles. The first-order chi connectivity index (χ1) is 12.4. The van der Waals surface area contributed by atoms with Crippen LogP contribution in [-0.2, 0) is 0 Å². The van der Waals surface area contributed by atoms with Crippen LogP contribution in [-0.4, -0.2) is 26.5 Å². The van der Waals surface area contributed by atoms with Gasteiger partial charge in [-0.15, -0.1) is 0 Å². The van der Waals surface area contributed by atoms with E-state index < -0.39 is 23.0 Å². The number of benzene rings is 1. The minimum absolute atomic E-state index is 0.0770. The molecule has 3 rings (SSSR count). The molecule has 2 N–H and O–H groups in total. The van der Waals surface area contributed by atoms with E-state index in [1.54, 1.807) is 6.92 Å². The van der Waals surface area contributed by atoms with Gasteiger partial charge < -0.3 is 9.71 Å². The first-order valence-corrected chi connectivity index (χ1v) is 9.08. The molecule has 0 saturated carbocycles. The van der Waals surface area contributed by atoms with Crippen LogP contribution < -0.4 is 4.72 Å². The van der Waals surface area contributed by atoms with Crippen molar-refractivity contribution < 1.29 is 13.6 Å². The standard InChI is InChI=1S/C18H18F2N4OS/c1-9(2)7-26-24-13-5-4-12(19)15(16(13)20)17(25)11-6-21-18-14(11)10(3)22-8-23-18/h4-6,8-9,24H,7H2,1-3H3,(H,21,22,23). The van der Waals surface area contributed by atoms with Gasteiger partial charge in [0.2, 0.25) is 5.78 Å². The van der Waals surface area contributed by atoms with Gasteiger partial charge in [-0.05, 0) is 25.0 Å². The molecule has 0 amide bonds. The van der Waals surface area contributed by atoms with Gasteiger partial charge in [-0.1, -0.05) is 25.8 Å². The lowest BCUT2D eigenvalue weighted by molar-refractivity contribution is 0.103. The number of ketones is 1. The average Bonchev–Trinajstić information content (AvgIpc) is 3.02. The Labute approximate surface area is 153 Å². The van der Waals surface area contributed by atoms with Crippen molar-refractivity contribution in [2.75, 3.05) is 10.5 Å². The van der Waals surface area contributed by atoms with Gasteiger partial charge in [0, 0.05) is 11.9 Å². The molecule has 0 aliphatic heterocycles. The van der Waals surface area contributed by atoms with Crippen LogP contribution in [0.1, 0.15) is 35.5 Å². The quantitative estimate of drug-likeness (QED) is 0.490. The molecule has 0 fully saturated rings. The molecule has 0 aliphatic carbocycles. The molecule has 0 spiro atoms. The van der Waals surface area contributed by atoms with Crippen molar-refractivity contribution in [2.45, 2.75) is 20.8 Å². The highest BCUT2D eigenvalue weighted by Gasteiger charge is 2.25. The fraction of sp³-hybridized carbons (Fsp3) is 0.278. The Morgan fingerprint density at radius 3 is 2.81 bits per heavy atom. The van der Waals surface area contributed by atoms with Crippen molar-refractivity contribution in [3.8, 4) is 0 Å². The maximum Gasteiger partial charge on any atom is 0.201 e. The summed E-state index contributed by atoms with van der Waals surface area (Å²) in [6.45, 7) is 5.78. The highest BCUT2D eigenvalue weighted by molar-refractivity contribution is 8.00. The monoisotopic (exact) mass is 376 g/mol. The third-order valence-corrected chi connectivity index (χ3v) is 5.02. The fourth-order valence-electron chi connectivity index (χ4n) is 2.56. The van der Waals surface area contributed by atoms with Gasteiger partial charge >= 0.3 is 0 Å². The largest absolute Gasteiger partial charge is 0.345 e. The van der Waals surface area contributed by atoms with E-state index in [1.165, 1.54) is 30.5 Å². The number of rotatable bonds is 6. The van der Waals surface area contributed by atoms with Gasteiger partial charge in [0.05, 0.1) is 27.9 Å². The zero-order chi connectivity index (χ0) is 18.8. The second-order valence-corrected chi connectivity index (χ2v) is 7.13. The highest BCUT2D eigenvalue weighted by Crippen LogP contribution is 2.28. The van der Waals surface area contributed by atoms with Crippen LogP contribution >= 0.6 is 11.9 Å². The summed E-state index contributed by atoms with van der Waals surface area (Å²) in [5, 5.41) is 0.462. The number of carbonyl (C=O) groups is 1. The van der Waals surface area contributed by atoms with Gasteiger partial charge in [0.15, 0.2) is 5.82 Å². The first-order valence-electron chi connectivity index (χ1n) is 8.09. The first kappa shape index (κ1) is 18.3. The topological polar surface area (TPSA) is 70.7 Å². The van der Waals surface area contributed by atoms with Gasteiger partial charge in [-0.2, -0.15) is 0 Å². The second-order valence-electron chi connectivity index (χ2n) is 6.31. The van der Waals surface area contributed by atoms with E-state index in [0.717, 1.165) is 11.8 Å². The number of hydrogen-bond acceptors (Lipinski definition) is 5. The number of anilines is 1. The Morgan fingerprint density at radius 2 is 2.08 bits per heavy atom. The van der Waals surface area contributed by atoms with Crippen LogP contribution in [0, 0.1) is 24.5 Å². The molecular weight excluding hydrogens is 358 g/mol. The van der Waals surface area contributed by atoms with Crippen LogP contribution in [0.15, 0.2) is 24.7 Å². The molecule has 26 heavy (non-hydrogen) atoms. The summed E-state index contributed by atoms with van der Waals surface area (Å²) in [6, 6.07) is 2.38. The van der Waals surface area contributed by atoms with E-state index in [4.69, 9.17) is 0 Å². The Bertz CT molecular complexity index is 971. The molecule has 136 valence electrons. The van der Waals surface area contributed by atoms with Crippen LogP contribution in [0.3, 0.4) is 0 Å². The molecule has 0 saturated heterocycles. The SMILES string of the molecule is Cc1ncnc2[nH]cc(C(=O)c3c(F)ccc(NSCC(C)C)c3F)c12. The van der Waals surface area contributed by atoms with Gasteiger partial charge in [-0.25, -0.2) is 18.7 Å². The lowest BCUT2D eigenvalue weighted by atomic mass is 10.0. The van der Waals surface area contributed by atoms with Crippen molar-refractivity contribution in [3.63, 3.8) is 0 Å². The lowest BCUT2D eigenvalue weighted by Gasteiger charge is -2.11. The van der Waals surface area contributed by atoms with Crippen molar-refractivity contribution in [3.05, 3.63) is 53.1 Å². The molecule has 2 aromatic heterocycles. The zero-order valence-electron chi connectivity index (χ0n) is 14.6. The van der Waals surface area contributed by atoms with E-state index in [0.29, 0.717) is 22.6 Å². The summed E-state index contributed by atoms with van der Waals surface area (Å²) in [7, 11) is 0. The third kappa shape index (κ3) is 3.41. The number of hydrogen-bond donors (Lipinski definition) is 2. The summed E-state index contributed by atoms with van der Waals surface area (Å²) < 4.78 is 32.0. The van der Waals surface area contributed by atoms with Crippen molar-refractivity contribution in [1.29, 1.82) is 0 Å². The summed E-state index contributed by atoms with van der Waals surface area (Å²) in [5.74, 6) is -1.40. The molecule has 3 aromatic rings. The number of aryl methyl sites for hydroxylation is 1. The molecule has 5 nitrogen and oxygen atoms in total. The number of H-pyrrole nitrogens is 1. The number of carbonyl (C=O) groups excluding carboxylic acids is 1. The smallest absolute Gasteiger partial charge is 0.201 e. The minimum atomic E-state index is -0.907. The second kappa shape index (κ2) is 7.41. The van der Waals surface area contributed by atoms with E-state index in [-0.39, 0.29) is 11.3 Å². The van der Waals surface area contributed by atoms with Crippen molar-refractivity contribution in [2.24, 2.45) is 5.92 Å². The van der Waals surface area contributed by atoms with Crippen LogP contribution in [0.5, 0.6) is 0 Å². The molecule has 0 aliphatic rings. The number of halogens is 2. The summed E-state index contributed by atoms with van der Waals surface area (Å²) in [5.41, 5.74) is 0.631. The fourth-order valence-corrected chi connectivity index (χ4v) is 3.29. The molecular formula is C18H18F2N4OS. The van der Waals surface area contributed by atoms with Gasteiger partial charge in [-0.3, -0.25) is 4.79 Å². The van der Waals surface area contributed by atoms with Gasteiger partial charge in [0.1, 0.15) is 17.8 Å². The van der Waals surface area contributed by atoms with E-state index in [2.05, 4.69) is 19.7 Å². The van der Waals surface area contributed by atoms with E-state index in [1.807, 2.05) is 13.8 Å². The lowest BCUT2D eigenvalue weighted by Crippen LogP contribution is -2.10. The average molecular weight is 376 g/mol. The highest BCUT2D eigenvalue weighted by atomic mass is 32.2. The van der Waals surface area contributed by atoms with Crippen LogP contribution in [0.4, 0.5) is 14.5 Å². The summed E-state index contributed by atoms with van der Waals surface area (Å²) >= 11 is 1.31. The van der Waals surface area contributed by atoms with Crippen LogP contribution in [0.2, 0.25) is 0 Å². The predicted octanol–water partition coefficient (Wildman–Crippen LogP) is 4.49. The molecule has 2 heterocycles. The number of aromatic nitrogens is 3.